The van der Waals surface area contributed by atoms with E-state index in [1.165, 1.54) is 17.3 Å². The second kappa shape index (κ2) is 8.87. The van der Waals surface area contributed by atoms with Gasteiger partial charge in [-0.1, -0.05) is 60.3 Å². The van der Waals surface area contributed by atoms with Gasteiger partial charge in [0.2, 0.25) is 5.91 Å². The summed E-state index contributed by atoms with van der Waals surface area (Å²) in [7, 11) is 0. The van der Waals surface area contributed by atoms with Gasteiger partial charge in [-0.3, -0.25) is 9.36 Å². The quantitative estimate of drug-likeness (QED) is 0.401. The Morgan fingerprint density at radius 1 is 0.941 bits per heavy atom. The molecule has 1 unspecified atom stereocenters. The molecule has 3 heterocycles. The number of thioether (sulfide) groups is 1. The minimum atomic E-state index is -0.418. The first kappa shape index (κ1) is 20.8. The lowest BCUT2D eigenvalue weighted by Gasteiger charge is -2.26. The number of benzene rings is 3. The monoisotopic (exact) mass is 470 g/mol. The van der Waals surface area contributed by atoms with E-state index in [1.807, 2.05) is 82.3 Å². The maximum absolute atomic E-state index is 13.1. The highest BCUT2D eigenvalue weighted by atomic mass is 32.2. The van der Waals surface area contributed by atoms with Crippen molar-refractivity contribution in [3.05, 3.63) is 90.3 Å². The lowest BCUT2D eigenvalue weighted by molar-refractivity contribution is -0.116. The van der Waals surface area contributed by atoms with Crippen LogP contribution < -0.4 is 14.4 Å². The number of hydrogen-bond acceptors (Lipinski definition) is 6. The number of rotatable bonds is 5. The first-order valence-corrected chi connectivity index (χ1v) is 12.2. The van der Waals surface area contributed by atoms with Gasteiger partial charge in [0, 0.05) is 17.9 Å². The van der Waals surface area contributed by atoms with Gasteiger partial charge in [0.1, 0.15) is 6.61 Å². The Morgan fingerprint density at radius 2 is 1.71 bits per heavy atom. The third-order valence-electron chi connectivity index (χ3n) is 5.98. The van der Waals surface area contributed by atoms with Crippen LogP contribution in [0.4, 0.5) is 5.69 Å². The molecule has 4 aromatic rings. The van der Waals surface area contributed by atoms with Crippen molar-refractivity contribution in [3.8, 4) is 17.2 Å². The molecule has 0 aliphatic carbocycles. The van der Waals surface area contributed by atoms with Crippen molar-refractivity contribution in [2.75, 3.05) is 23.8 Å². The van der Waals surface area contributed by atoms with E-state index in [0.29, 0.717) is 29.9 Å². The second-order valence-electron chi connectivity index (χ2n) is 8.09. The van der Waals surface area contributed by atoms with Crippen LogP contribution in [0.25, 0.3) is 5.69 Å². The maximum atomic E-state index is 13.1. The molecule has 8 heteroatoms. The van der Waals surface area contributed by atoms with Crippen LogP contribution in [0.1, 0.15) is 17.5 Å². The average Bonchev–Trinajstić information content (AvgIpc) is 3.52. The van der Waals surface area contributed by atoms with E-state index in [1.54, 1.807) is 0 Å². The minimum absolute atomic E-state index is 0.0605. The summed E-state index contributed by atoms with van der Waals surface area (Å²) in [6, 6.07) is 25.6. The molecule has 0 radical (unpaired) electrons. The van der Waals surface area contributed by atoms with Crippen LogP contribution in [-0.4, -0.2) is 39.6 Å². The number of amides is 1. The molecule has 2 aliphatic rings. The zero-order chi connectivity index (χ0) is 22.9. The molecule has 0 spiro atoms. The maximum Gasteiger partial charge on any atom is 0.237 e. The Balaban J connectivity index is 1.27. The largest absolute Gasteiger partial charge is 0.485 e. The number of aromatic nitrogens is 3. The predicted molar refractivity (Wildman–Crippen MR) is 130 cm³/mol. The topological polar surface area (TPSA) is 69.5 Å². The SMILES string of the molecule is O=C(CSc1nnc(C2COc3ccccc3O2)n1-c1ccccc1)N1CCc2ccccc21. The van der Waals surface area contributed by atoms with Crippen molar-refractivity contribution in [1.29, 1.82) is 0 Å². The first-order chi connectivity index (χ1) is 16.8. The number of fused-ring (bicyclic) bond motifs is 2. The van der Waals surface area contributed by atoms with Crippen LogP contribution in [0, 0.1) is 0 Å². The molecule has 1 amide bonds. The third kappa shape index (κ3) is 3.80. The van der Waals surface area contributed by atoms with E-state index in [9.17, 15) is 4.79 Å². The van der Waals surface area contributed by atoms with Gasteiger partial charge in [0.05, 0.1) is 5.75 Å². The summed E-state index contributed by atoms with van der Waals surface area (Å²) in [5.74, 6) is 2.37. The predicted octanol–water partition coefficient (Wildman–Crippen LogP) is 4.46. The summed E-state index contributed by atoms with van der Waals surface area (Å²) in [6.07, 6.45) is 0.468. The minimum Gasteiger partial charge on any atom is -0.485 e. The smallest absolute Gasteiger partial charge is 0.237 e. The fourth-order valence-corrected chi connectivity index (χ4v) is 5.19. The Labute approximate surface area is 201 Å². The van der Waals surface area contributed by atoms with Crippen molar-refractivity contribution < 1.29 is 14.3 Å². The summed E-state index contributed by atoms with van der Waals surface area (Å²) < 4.78 is 14.1. The zero-order valence-electron chi connectivity index (χ0n) is 18.3. The molecule has 0 saturated heterocycles. The Morgan fingerprint density at radius 3 is 2.59 bits per heavy atom. The lowest BCUT2D eigenvalue weighted by Crippen LogP contribution is -2.30. The van der Waals surface area contributed by atoms with Gasteiger partial charge in [0.25, 0.3) is 0 Å². The molecule has 7 nitrogen and oxygen atoms in total. The van der Waals surface area contributed by atoms with Crippen LogP contribution in [0.5, 0.6) is 11.5 Å². The number of carbonyl (C=O) groups is 1. The lowest BCUT2D eigenvalue weighted by atomic mass is 10.2. The van der Waals surface area contributed by atoms with Gasteiger partial charge in [-0.25, -0.2) is 0 Å². The van der Waals surface area contributed by atoms with Crippen LogP contribution in [0.3, 0.4) is 0 Å². The average molecular weight is 471 g/mol. The normalized spacial score (nSPS) is 16.4. The fraction of sp³-hybridized carbons (Fsp3) is 0.192. The molecule has 0 N–H and O–H groups in total. The highest BCUT2D eigenvalue weighted by Gasteiger charge is 2.30. The number of carbonyl (C=O) groups excluding carboxylic acids is 1. The van der Waals surface area contributed by atoms with Gasteiger partial charge in [-0.05, 0) is 42.3 Å². The van der Waals surface area contributed by atoms with Crippen LogP contribution in [-0.2, 0) is 11.2 Å². The molecule has 2 aliphatic heterocycles. The second-order valence-corrected chi connectivity index (χ2v) is 9.03. The molecule has 0 bridgehead atoms. The van der Waals surface area contributed by atoms with Crippen molar-refractivity contribution in [3.63, 3.8) is 0 Å². The summed E-state index contributed by atoms with van der Waals surface area (Å²) in [5.41, 5.74) is 3.13. The van der Waals surface area contributed by atoms with E-state index >= 15 is 0 Å². The van der Waals surface area contributed by atoms with Crippen molar-refractivity contribution in [2.24, 2.45) is 0 Å². The molecule has 0 saturated carbocycles. The molecular weight excluding hydrogens is 448 g/mol. The zero-order valence-corrected chi connectivity index (χ0v) is 19.1. The molecule has 0 fully saturated rings. The van der Waals surface area contributed by atoms with E-state index in [0.717, 1.165) is 23.5 Å². The summed E-state index contributed by atoms with van der Waals surface area (Å²) in [5, 5.41) is 9.54. The van der Waals surface area contributed by atoms with Crippen molar-refractivity contribution in [2.45, 2.75) is 17.7 Å². The molecule has 1 atom stereocenters. The molecular formula is C26H22N4O3S. The van der Waals surface area contributed by atoms with Crippen molar-refractivity contribution in [1.82, 2.24) is 14.8 Å². The number of nitrogens with zero attached hydrogens (tertiary/aromatic N) is 4. The van der Waals surface area contributed by atoms with E-state index in [-0.39, 0.29) is 11.7 Å². The summed E-state index contributed by atoms with van der Waals surface area (Å²) in [4.78, 5) is 14.9. The molecule has 1 aromatic heterocycles. The molecule has 3 aromatic carbocycles. The fourth-order valence-electron chi connectivity index (χ4n) is 4.35. The Bertz CT molecular complexity index is 1340. The van der Waals surface area contributed by atoms with Gasteiger partial charge in [-0.2, -0.15) is 0 Å². The summed E-state index contributed by atoms with van der Waals surface area (Å²) in [6.45, 7) is 1.04. The Hall–Kier alpha value is -3.78. The standard InChI is InChI=1S/C26H22N4O3S/c31-24(29-15-14-18-8-4-5-11-20(18)29)17-34-26-28-27-25(30(26)19-9-2-1-3-10-19)23-16-32-21-12-6-7-13-22(21)33-23/h1-13,23H,14-17H2. The number of ether oxygens (including phenoxy) is 2. The van der Waals surface area contributed by atoms with E-state index in [2.05, 4.69) is 16.3 Å². The highest BCUT2D eigenvalue weighted by molar-refractivity contribution is 7.99. The van der Waals surface area contributed by atoms with Gasteiger partial charge in [-0.15, -0.1) is 10.2 Å². The number of para-hydroxylation sites is 4. The first-order valence-electron chi connectivity index (χ1n) is 11.2. The van der Waals surface area contributed by atoms with Gasteiger partial charge < -0.3 is 14.4 Å². The summed E-state index contributed by atoms with van der Waals surface area (Å²) >= 11 is 1.38. The molecule has 170 valence electrons. The third-order valence-corrected chi connectivity index (χ3v) is 6.90. The van der Waals surface area contributed by atoms with Crippen LogP contribution in [0.2, 0.25) is 0 Å². The van der Waals surface area contributed by atoms with Gasteiger partial charge in [0.15, 0.2) is 28.6 Å². The molecule has 34 heavy (non-hydrogen) atoms. The van der Waals surface area contributed by atoms with Gasteiger partial charge >= 0.3 is 0 Å². The number of anilines is 1. The van der Waals surface area contributed by atoms with Crippen LogP contribution >= 0.6 is 11.8 Å². The number of hydrogen-bond donors (Lipinski definition) is 0. The van der Waals surface area contributed by atoms with E-state index in [4.69, 9.17) is 9.47 Å². The Kier molecular flexibility index (Phi) is 5.43. The molecule has 6 rings (SSSR count). The highest BCUT2D eigenvalue weighted by Crippen LogP contribution is 2.37. The van der Waals surface area contributed by atoms with Crippen LogP contribution in [0.15, 0.2) is 84.0 Å². The van der Waals surface area contributed by atoms with Crippen molar-refractivity contribution >= 4 is 23.4 Å². The van der Waals surface area contributed by atoms with E-state index < -0.39 is 6.10 Å².